The topological polar surface area (TPSA) is 24.4 Å². The van der Waals surface area contributed by atoms with Gasteiger partial charge < -0.3 is 5.32 Å². The van der Waals surface area contributed by atoms with Gasteiger partial charge in [0.2, 0.25) is 0 Å². The van der Waals surface area contributed by atoms with Gasteiger partial charge in [0.05, 0.1) is 6.54 Å². The molecule has 0 bridgehead atoms. The van der Waals surface area contributed by atoms with Crippen LogP contribution in [0.25, 0.3) is 0 Å². The minimum Gasteiger partial charge on any atom is -0.335 e. The minimum absolute atomic E-state index is 0.612. The number of amidine groups is 1. The second-order valence-corrected chi connectivity index (χ2v) is 5.93. The molecule has 0 saturated heterocycles. The van der Waals surface area contributed by atoms with E-state index >= 15 is 0 Å². The Balaban J connectivity index is 1.89. The van der Waals surface area contributed by atoms with Gasteiger partial charge in [0.1, 0.15) is 0 Å². The number of rotatable bonds is 4. The number of thioether (sulfide) groups is 1. The number of anilines is 1. The molecule has 1 aliphatic heterocycles. The van der Waals surface area contributed by atoms with Crippen LogP contribution in [-0.2, 0) is 6.42 Å². The Kier molecular flexibility index (Phi) is 4.49. The van der Waals surface area contributed by atoms with Gasteiger partial charge in [-0.05, 0) is 30.5 Å². The quantitative estimate of drug-likeness (QED) is 0.873. The van der Waals surface area contributed by atoms with Crippen molar-refractivity contribution in [2.75, 3.05) is 11.9 Å². The molecule has 0 radical (unpaired) electrons. The number of aliphatic imine (C=N–C) groups is 1. The van der Waals surface area contributed by atoms with Gasteiger partial charge in [-0.3, -0.25) is 4.99 Å². The van der Waals surface area contributed by atoms with Crippen LogP contribution in [0.1, 0.15) is 32.3 Å². The SMILES string of the molecule is CCCCc1ccc(NC2=NCC(C)S2)cc1. The number of nitrogens with zero attached hydrogens (tertiary/aromatic N) is 1. The maximum Gasteiger partial charge on any atom is 0.161 e. The van der Waals surface area contributed by atoms with E-state index in [0.717, 1.165) is 17.4 Å². The normalized spacial score (nSPS) is 19.2. The van der Waals surface area contributed by atoms with Crippen LogP contribution in [-0.4, -0.2) is 17.0 Å². The van der Waals surface area contributed by atoms with Crippen molar-refractivity contribution in [3.63, 3.8) is 0 Å². The van der Waals surface area contributed by atoms with Gasteiger partial charge in [-0.15, -0.1) is 0 Å². The molecule has 3 heteroatoms. The van der Waals surface area contributed by atoms with E-state index in [0.29, 0.717) is 5.25 Å². The molecule has 1 unspecified atom stereocenters. The molecule has 1 atom stereocenters. The summed E-state index contributed by atoms with van der Waals surface area (Å²) in [6, 6.07) is 8.72. The van der Waals surface area contributed by atoms with Crippen molar-refractivity contribution in [1.29, 1.82) is 0 Å². The van der Waals surface area contributed by atoms with Gasteiger partial charge in [0.15, 0.2) is 5.17 Å². The first kappa shape index (κ1) is 12.5. The third-order valence-electron chi connectivity index (χ3n) is 2.83. The van der Waals surface area contributed by atoms with Gasteiger partial charge in [-0.2, -0.15) is 0 Å². The van der Waals surface area contributed by atoms with Crippen LogP contribution in [0.3, 0.4) is 0 Å². The second kappa shape index (κ2) is 6.10. The summed E-state index contributed by atoms with van der Waals surface area (Å²) in [7, 11) is 0. The fourth-order valence-electron chi connectivity index (χ4n) is 1.80. The summed E-state index contributed by atoms with van der Waals surface area (Å²) in [5, 5.41) is 5.03. The van der Waals surface area contributed by atoms with Crippen LogP contribution >= 0.6 is 11.8 Å². The van der Waals surface area contributed by atoms with E-state index in [4.69, 9.17) is 0 Å². The van der Waals surface area contributed by atoms with Crippen molar-refractivity contribution < 1.29 is 0 Å². The molecule has 1 aromatic rings. The Morgan fingerprint density at radius 3 is 2.71 bits per heavy atom. The molecular weight excluding hydrogens is 228 g/mol. The van der Waals surface area contributed by atoms with E-state index in [-0.39, 0.29) is 0 Å². The summed E-state index contributed by atoms with van der Waals surface area (Å²) < 4.78 is 0. The summed E-state index contributed by atoms with van der Waals surface area (Å²) in [5.74, 6) is 0. The molecule has 0 aromatic heterocycles. The van der Waals surface area contributed by atoms with E-state index in [2.05, 4.69) is 48.4 Å². The number of hydrogen-bond donors (Lipinski definition) is 1. The molecule has 0 aliphatic carbocycles. The molecule has 17 heavy (non-hydrogen) atoms. The number of aryl methyl sites for hydroxylation is 1. The standard InChI is InChI=1S/C14H20N2S/c1-3-4-5-12-6-8-13(9-7-12)16-14-15-10-11(2)17-14/h6-9,11H,3-5,10H2,1-2H3,(H,15,16). The molecule has 1 N–H and O–H groups in total. The zero-order valence-electron chi connectivity index (χ0n) is 10.6. The molecule has 2 rings (SSSR count). The fraction of sp³-hybridized carbons (Fsp3) is 0.500. The Morgan fingerprint density at radius 1 is 1.35 bits per heavy atom. The Labute approximate surface area is 108 Å². The van der Waals surface area contributed by atoms with Crippen LogP contribution < -0.4 is 5.32 Å². The Morgan fingerprint density at radius 2 is 2.12 bits per heavy atom. The summed E-state index contributed by atoms with van der Waals surface area (Å²) in [5.41, 5.74) is 2.57. The number of unbranched alkanes of at least 4 members (excludes halogenated alkanes) is 1. The average Bonchev–Trinajstić information content (AvgIpc) is 2.74. The summed E-state index contributed by atoms with van der Waals surface area (Å²) >= 11 is 1.82. The van der Waals surface area contributed by atoms with Crippen LogP contribution in [0.5, 0.6) is 0 Å². The Bertz CT molecular complexity index is 384. The van der Waals surface area contributed by atoms with Crippen molar-refractivity contribution in [3.05, 3.63) is 29.8 Å². The van der Waals surface area contributed by atoms with Gasteiger partial charge in [-0.25, -0.2) is 0 Å². The summed E-state index contributed by atoms with van der Waals surface area (Å²) in [6.07, 6.45) is 3.71. The third-order valence-corrected chi connectivity index (χ3v) is 3.83. The molecule has 1 aromatic carbocycles. The highest BCUT2D eigenvalue weighted by molar-refractivity contribution is 8.15. The van der Waals surface area contributed by atoms with Crippen LogP contribution in [0.2, 0.25) is 0 Å². The van der Waals surface area contributed by atoms with E-state index in [1.165, 1.54) is 24.8 Å². The summed E-state index contributed by atoms with van der Waals surface area (Å²) in [4.78, 5) is 4.45. The second-order valence-electron chi connectivity index (χ2n) is 4.50. The molecule has 0 amide bonds. The number of benzene rings is 1. The highest BCUT2D eigenvalue weighted by atomic mass is 32.2. The monoisotopic (exact) mass is 248 g/mol. The van der Waals surface area contributed by atoms with Gasteiger partial charge in [-0.1, -0.05) is 44.2 Å². The summed E-state index contributed by atoms with van der Waals surface area (Å²) in [6.45, 7) is 5.37. The molecule has 2 nitrogen and oxygen atoms in total. The van der Waals surface area contributed by atoms with Crippen molar-refractivity contribution in [1.82, 2.24) is 0 Å². The smallest absolute Gasteiger partial charge is 0.161 e. The first-order chi connectivity index (χ1) is 8.28. The van der Waals surface area contributed by atoms with Gasteiger partial charge >= 0.3 is 0 Å². The fourth-order valence-corrected chi connectivity index (χ4v) is 2.66. The number of hydrogen-bond acceptors (Lipinski definition) is 3. The van der Waals surface area contributed by atoms with Crippen molar-refractivity contribution >= 4 is 22.6 Å². The predicted molar refractivity (Wildman–Crippen MR) is 78.0 cm³/mol. The van der Waals surface area contributed by atoms with Crippen molar-refractivity contribution in [2.24, 2.45) is 4.99 Å². The molecule has 1 aliphatic rings. The van der Waals surface area contributed by atoms with Gasteiger partial charge in [0.25, 0.3) is 0 Å². The molecule has 0 spiro atoms. The molecule has 1 heterocycles. The van der Waals surface area contributed by atoms with E-state index in [9.17, 15) is 0 Å². The molecular formula is C14H20N2S. The van der Waals surface area contributed by atoms with Crippen LogP contribution in [0.15, 0.2) is 29.3 Å². The zero-order valence-corrected chi connectivity index (χ0v) is 11.4. The third kappa shape index (κ3) is 3.77. The highest BCUT2D eigenvalue weighted by Crippen LogP contribution is 2.22. The first-order valence-electron chi connectivity index (χ1n) is 6.35. The maximum atomic E-state index is 4.45. The van der Waals surface area contributed by atoms with Crippen LogP contribution in [0, 0.1) is 0 Å². The largest absolute Gasteiger partial charge is 0.335 e. The lowest BCUT2D eigenvalue weighted by atomic mass is 10.1. The highest BCUT2D eigenvalue weighted by Gasteiger charge is 2.14. The lowest BCUT2D eigenvalue weighted by Gasteiger charge is -2.07. The molecule has 92 valence electrons. The minimum atomic E-state index is 0.612. The first-order valence-corrected chi connectivity index (χ1v) is 7.23. The molecule has 0 saturated carbocycles. The predicted octanol–water partition coefficient (Wildman–Crippen LogP) is 3.93. The van der Waals surface area contributed by atoms with Crippen molar-refractivity contribution in [3.8, 4) is 0 Å². The Hall–Kier alpha value is -0.960. The molecule has 0 fully saturated rings. The zero-order chi connectivity index (χ0) is 12.1. The van der Waals surface area contributed by atoms with E-state index < -0.39 is 0 Å². The maximum absolute atomic E-state index is 4.45. The van der Waals surface area contributed by atoms with E-state index in [1.54, 1.807) is 0 Å². The lowest BCUT2D eigenvalue weighted by molar-refractivity contribution is 0.795. The van der Waals surface area contributed by atoms with Gasteiger partial charge in [0, 0.05) is 10.9 Å². The van der Waals surface area contributed by atoms with Crippen molar-refractivity contribution in [2.45, 2.75) is 38.4 Å². The van der Waals surface area contributed by atoms with E-state index in [1.807, 2.05) is 11.8 Å². The lowest BCUT2D eigenvalue weighted by Crippen LogP contribution is -2.05. The van der Waals surface area contributed by atoms with Crippen LogP contribution in [0.4, 0.5) is 5.69 Å². The number of nitrogens with one attached hydrogen (secondary N) is 1. The average molecular weight is 248 g/mol.